The Balaban J connectivity index is 4.24. The quantitative estimate of drug-likeness (QED) is 0.0234. The van der Waals surface area contributed by atoms with E-state index in [1.54, 1.807) is 0 Å². The number of aliphatic hydroxyl groups excluding tert-OH is 2. The highest BCUT2D eigenvalue weighted by Gasteiger charge is 2.27. The van der Waals surface area contributed by atoms with Gasteiger partial charge in [0.1, 0.15) is 12.7 Å². The van der Waals surface area contributed by atoms with Crippen LogP contribution in [0.15, 0.2) is 36.5 Å². The van der Waals surface area contributed by atoms with Crippen LogP contribution in [0, 0.1) is 0 Å². The molecule has 0 amide bonds. The van der Waals surface area contributed by atoms with Crippen LogP contribution in [0.4, 0.5) is 0 Å². The number of aliphatic hydroxyl groups is 2. The molecule has 0 bridgehead atoms. The molecule has 0 rings (SSSR count). The highest BCUT2D eigenvalue weighted by atomic mass is 31.2. The fraction of sp³-hybridized carbons (Fsp3) is 0.833. The van der Waals surface area contributed by atoms with Crippen LogP contribution in [-0.2, 0) is 32.7 Å². The Morgan fingerprint density at radius 1 is 0.508 bits per heavy atom. The average molecular weight is 857 g/mol. The lowest BCUT2D eigenvalue weighted by molar-refractivity contribution is -0.161. The molecule has 0 aromatic carbocycles. The standard InChI is InChI=1S/C48H89O10P/c1-3-5-7-9-11-13-15-17-19-20-21-22-23-24-26-28-30-32-34-36-38-40-48(52)58-46(44-57-59(53,54)56-42-45(50)41-49)43-55-47(51)39-37-35-33-31-29-27-25-18-16-14-12-10-8-6-4-2/h17-19,25,29,31,45-46,49-50H,3-16,20-24,26-28,30,32-44H2,1-2H3,(H,53,54)/b19-17+,25-18+,31-29+/t45-,46+/m0/s1. The van der Waals surface area contributed by atoms with Crippen molar-refractivity contribution >= 4 is 19.8 Å². The zero-order chi connectivity index (χ0) is 43.3. The summed E-state index contributed by atoms with van der Waals surface area (Å²) in [6.45, 7) is 2.35. The Bertz CT molecular complexity index is 1080. The van der Waals surface area contributed by atoms with E-state index in [0.29, 0.717) is 12.8 Å². The highest BCUT2D eigenvalue weighted by molar-refractivity contribution is 7.47. The Morgan fingerprint density at radius 3 is 1.36 bits per heavy atom. The summed E-state index contributed by atoms with van der Waals surface area (Å²) in [6, 6.07) is 0. The van der Waals surface area contributed by atoms with E-state index in [1.807, 2.05) is 0 Å². The molecule has 0 spiro atoms. The molecule has 0 saturated carbocycles. The van der Waals surface area contributed by atoms with Gasteiger partial charge in [0.25, 0.3) is 0 Å². The van der Waals surface area contributed by atoms with Crippen molar-refractivity contribution in [2.45, 2.75) is 232 Å². The summed E-state index contributed by atoms with van der Waals surface area (Å²) in [4.78, 5) is 35.1. The predicted molar refractivity (Wildman–Crippen MR) is 242 cm³/mol. The molecule has 0 aromatic heterocycles. The van der Waals surface area contributed by atoms with E-state index < -0.39 is 51.8 Å². The van der Waals surface area contributed by atoms with Crippen molar-refractivity contribution in [2.75, 3.05) is 26.4 Å². The summed E-state index contributed by atoms with van der Waals surface area (Å²) < 4.78 is 32.8. The van der Waals surface area contributed by atoms with Gasteiger partial charge in [-0.15, -0.1) is 0 Å². The zero-order valence-corrected chi connectivity index (χ0v) is 38.6. The van der Waals surface area contributed by atoms with Crippen LogP contribution in [0.5, 0.6) is 0 Å². The number of carbonyl (C=O) groups excluding carboxylic acids is 2. The molecule has 0 aliphatic rings. The first-order valence-electron chi connectivity index (χ1n) is 23.9. The van der Waals surface area contributed by atoms with E-state index in [2.05, 4.69) is 50.3 Å². The first-order chi connectivity index (χ1) is 28.7. The minimum atomic E-state index is -4.63. The second kappa shape index (κ2) is 44.3. The van der Waals surface area contributed by atoms with E-state index in [1.165, 1.54) is 135 Å². The maximum Gasteiger partial charge on any atom is 0.472 e. The monoisotopic (exact) mass is 857 g/mol. The van der Waals surface area contributed by atoms with Crippen LogP contribution in [-0.4, -0.2) is 65.7 Å². The second-order valence-corrected chi connectivity index (χ2v) is 17.6. The van der Waals surface area contributed by atoms with Gasteiger partial charge >= 0.3 is 19.8 Å². The van der Waals surface area contributed by atoms with Crippen LogP contribution in [0.1, 0.15) is 219 Å². The maximum atomic E-state index is 12.6. The molecule has 0 saturated heterocycles. The van der Waals surface area contributed by atoms with Gasteiger partial charge in [-0.25, -0.2) is 4.57 Å². The number of carbonyl (C=O) groups is 2. The predicted octanol–water partition coefficient (Wildman–Crippen LogP) is 13.1. The Hall–Kier alpha value is -1.81. The molecule has 3 atom stereocenters. The second-order valence-electron chi connectivity index (χ2n) is 16.1. The van der Waals surface area contributed by atoms with Gasteiger partial charge < -0.3 is 24.6 Å². The largest absolute Gasteiger partial charge is 0.472 e. The van der Waals surface area contributed by atoms with Gasteiger partial charge in [0, 0.05) is 12.8 Å². The molecule has 1 unspecified atom stereocenters. The molecular formula is C48H89O10P. The van der Waals surface area contributed by atoms with E-state index in [4.69, 9.17) is 23.6 Å². The number of hydrogen-bond donors (Lipinski definition) is 3. The molecule has 3 N–H and O–H groups in total. The lowest BCUT2D eigenvalue weighted by Gasteiger charge is -2.20. The van der Waals surface area contributed by atoms with Crippen LogP contribution in [0.2, 0.25) is 0 Å². The molecule has 0 aliphatic carbocycles. The first-order valence-corrected chi connectivity index (χ1v) is 25.4. The molecule has 0 aromatic rings. The highest BCUT2D eigenvalue weighted by Crippen LogP contribution is 2.43. The fourth-order valence-electron chi connectivity index (χ4n) is 6.55. The van der Waals surface area contributed by atoms with Crippen molar-refractivity contribution in [3.63, 3.8) is 0 Å². The van der Waals surface area contributed by atoms with Gasteiger partial charge in [-0.2, -0.15) is 0 Å². The van der Waals surface area contributed by atoms with Crippen molar-refractivity contribution in [3.05, 3.63) is 36.5 Å². The van der Waals surface area contributed by atoms with Gasteiger partial charge in [0.15, 0.2) is 6.10 Å². The van der Waals surface area contributed by atoms with Crippen molar-refractivity contribution < 1.29 is 47.8 Å². The van der Waals surface area contributed by atoms with Crippen LogP contribution in [0.25, 0.3) is 0 Å². The molecule has 10 nitrogen and oxygen atoms in total. The number of allylic oxidation sites excluding steroid dienone is 6. The molecule has 59 heavy (non-hydrogen) atoms. The van der Waals surface area contributed by atoms with Crippen LogP contribution in [0.3, 0.4) is 0 Å². The smallest absolute Gasteiger partial charge is 0.462 e. The average Bonchev–Trinajstić information content (AvgIpc) is 3.22. The SMILES string of the molecule is CCCCCCCC/C=C/C/C=C/CCCCC(=O)OC[C@H](COP(=O)(O)OC[C@@H](O)CO)OC(=O)CCCCCCCCCCCCC/C=C/CCCCCCCC. The molecule has 0 heterocycles. The third-order valence-electron chi connectivity index (χ3n) is 10.3. The fourth-order valence-corrected chi connectivity index (χ4v) is 7.34. The number of phosphoric ester groups is 1. The molecule has 0 aliphatic heterocycles. The number of unbranched alkanes of at least 4 members (excludes halogenated alkanes) is 25. The van der Waals surface area contributed by atoms with E-state index in [-0.39, 0.29) is 19.4 Å². The minimum Gasteiger partial charge on any atom is -0.462 e. The normalized spacial score (nSPS) is 14.1. The topological polar surface area (TPSA) is 149 Å². The molecule has 11 heteroatoms. The molecule has 346 valence electrons. The maximum absolute atomic E-state index is 12.6. The van der Waals surface area contributed by atoms with Crippen molar-refractivity contribution in [1.29, 1.82) is 0 Å². The van der Waals surface area contributed by atoms with Crippen LogP contribution >= 0.6 is 7.82 Å². The van der Waals surface area contributed by atoms with E-state index in [9.17, 15) is 24.2 Å². The number of rotatable bonds is 45. The lowest BCUT2D eigenvalue weighted by atomic mass is 10.0. The summed E-state index contributed by atoms with van der Waals surface area (Å²) in [5.74, 6) is -0.958. The van der Waals surface area contributed by atoms with Gasteiger partial charge in [-0.3, -0.25) is 18.6 Å². The minimum absolute atomic E-state index is 0.178. The molecular weight excluding hydrogens is 767 g/mol. The van der Waals surface area contributed by atoms with Crippen LogP contribution < -0.4 is 0 Å². The third kappa shape index (κ3) is 44.1. The van der Waals surface area contributed by atoms with Crippen molar-refractivity contribution in [3.8, 4) is 0 Å². The van der Waals surface area contributed by atoms with Gasteiger partial charge in [0.2, 0.25) is 0 Å². The Morgan fingerprint density at radius 2 is 0.881 bits per heavy atom. The summed E-state index contributed by atoms with van der Waals surface area (Å²) in [7, 11) is -4.63. The van der Waals surface area contributed by atoms with E-state index in [0.717, 1.165) is 44.9 Å². The number of esters is 2. The molecule has 0 radical (unpaired) electrons. The van der Waals surface area contributed by atoms with Crippen molar-refractivity contribution in [1.82, 2.24) is 0 Å². The Kier molecular flexibility index (Phi) is 42.9. The summed E-state index contributed by atoms with van der Waals surface area (Å²) in [5.41, 5.74) is 0. The summed E-state index contributed by atoms with van der Waals surface area (Å²) in [5, 5.41) is 18.4. The third-order valence-corrected chi connectivity index (χ3v) is 11.2. The zero-order valence-electron chi connectivity index (χ0n) is 37.7. The number of ether oxygens (including phenoxy) is 2. The van der Waals surface area contributed by atoms with Gasteiger partial charge in [-0.05, 0) is 70.6 Å². The Labute approximate surface area is 361 Å². The summed E-state index contributed by atoms with van der Waals surface area (Å²) >= 11 is 0. The van der Waals surface area contributed by atoms with Gasteiger partial charge in [0.05, 0.1) is 19.8 Å². The van der Waals surface area contributed by atoms with Crippen molar-refractivity contribution in [2.24, 2.45) is 0 Å². The van der Waals surface area contributed by atoms with Gasteiger partial charge in [-0.1, -0.05) is 172 Å². The van der Waals surface area contributed by atoms with E-state index >= 15 is 0 Å². The number of hydrogen-bond acceptors (Lipinski definition) is 9. The lowest BCUT2D eigenvalue weighted by Crippen LogP contribution is -2.29. The summed E-state index contributed by atoms with van der Waals surface area (Å²) in [6.07, 6.45) is 46.9. The number of phosphoric acid groups is 1. The first kappa shape index (κ1) is 57.2. The molecule has 0 fully saturated rings.